The van der Waals surface area contributed by atoms with E-state index in [4.69, 9.17) is 10.5 Å². The van der Waals surface area contributed by atoms with Gasteiger partial charge in [-0.25, -0.2) is 4.79 Å². The predicted octanol–water partition coefficient (Wildman–Crippen LogP) is 2.48. The summed E-state index contributed by atoms with van der Waals surface area (Å²) in [5.41, 5.74) is 7.20. The summed E-state index contributed by atoms with van der Waals surface area (Å²) in [5, 5.41) is 0. The number of ether oxygens (including phenoxy) is 1. The Kier molecular flexibility index (Phi) is 4.98. The minimum absolute atomic E-state index is 0.0502. The molecule has 5 heteroatoms. The van der Waals surface area contributed by atoms with Crippen LogP contribution in [-0.4, -0.2) is 35.4 Å². The molecule has 0 aromatic heterocycles. The second-order valence-electron chi connectivity index (χ2n) is 8.10. The van der Waals surface area contributed by atoms with Crippen LogP contribution in [0.15, 0.2) is 30.3 Å². The number of hydrogen-bond donors (Lipinski definition) is 1. The minimum Gasteiger partial charge on any atom is -0.459 e. The minimum atomic E-state index is -0.466. The van der Waals surface area contributed by atoms with Gasteiger partial charge in [-0.2, -0.15) is 0 Å². The Morgan fingerprint density at radius 3 is 2.54 bits per heavy atom. The van der Waals surface area contributed by atoms with Gasteiger partial charge >= 0.3 is 5.97 Å². The van der Waals surface area contributed by atoms with Crippen LogP contribution in [-0.2, 0) is 20.9 Å². The maximum absolute atomic E-state index is 13.0. The molecular formula is C21H28N2O3. The number of carbonyl (C=O) groups is 2. The maximum Gasteiger partial charge on any atom is 0.329 e. The molecule has 0 unspecified atom stereocenters. The van der Waals surface area contributed by atoms with E-state index >= 15 is 0 Å². The van der Waals surface area contributed by atoms with Crippen LogP contribution in [0.5, 0.6) is 0 Å². The molecule has 1 heterocycles. The Morgan fingerprint density at radius 1 is 1.12 bits per heavy atom. The Morgan fingerprint density at radius 2 is 1.85 bits per heavy atom. The number of carbonyl (C=O) groups excluding carboxylic acids is 2. The SMILES string of the molecule is N[C@H](C(=O)N1C[C@@H]2CCC[C@@H]2[C@H]1C(=O)OCc1ccccc1)C1CCC1. The topological polar surface area (TPSA) is 72.6 Å². The standard InChI is InChI=1S/C21H28N2O3/c22-18(15-8-4-9-15)20(24)23-12-16-10-5-11-17(16)19(23)21(25)26-13-14-6-2-1-3-7-14/h1-3,6-7,15-19H,4-5,8-13,22H2/t16-,17-,18-,19-/m0/s1. The highest BCUT2D eigenvalue weighted by molar-refractivity contribution is 5.88. The van der Waals surface area contributed by atoms with Gasteiger partial charge < -0.3 is 15.4 Å². The van der Waals surface area contributed by atoms with Crippen molar-refractivity contribution in [1.82, 2.24) is 4.90 Å². The molecule has 1 aliphatic heterocycles. The molecule has 1 saturated heterocycles. The number of esters is 1. The van der Waals surface area contributed by atoms with E-state index in [0.717, 1.165) is 44.1 Å². The first-order chi connectivity index (χ1) is 12.6. The smallest absolute Gasteiger partial charge is 0.329 e. The van der Waals surface area contributed by atoms with Gasteiger partial charge in [0.1, 0.15) is 12.6 Å². The van der Waals surface area contributed by atoms with Crippen molar-refractivity contribution in [2.75, 3.05) is 6.54 Å². The molecule has 1 aromatic rings. The zero-order chi connectivity index (χ0) is 18.1. The highest BCUT2D eigenvalue weighted by Gasteiger charge is 2.51. The summed E-state index contributed by atoms with van der Waals surface area (Å²) in [6.07, 6.45) is 6.43. The van der Waals surface area contributed by atoms with Crippen LogP contribution < -0.4 is 5.73 Å². The Bertz CT molecular complexity index is 658. The van der Waals surface area contributed by atoms with Crippen LogP contribution in [0.2, 0.25) is 0 Å². The van der Waals surface area contributed by atoms with E-state index in [1.54, 1.807) is 4.90 Å². The number of nitrogens with two attached hydrogens (primary N) is 1. The number of fused-ring (bicyclic) bond motifs is 1. The van der Waals surface area contributed by atoms with Crippen LogP contribution >= 0.6 is 0 Å². The largest absolute Gasteiger partial charge is 0.459 e. The molecule has 3 fully saturated rings. The lowest BCUT2D eigenvalue weighted by molar-refractivity contribution is -0.157. The molecule has 140 valence electrons. The number of likely N-dealkylation sites (tertiary alicyclic amines) is 1. The normalized spacial score (nSPS) is 29.1. The van der Waals surface area contributed by atoms with Crippen molar-refractivity contribution < 1.29 is 14.3 Å². The van der Waals surface area contributed by atoms with E-state index in [1.165, 1.54) is 0 Å². The summed E-state index contributed by atoms with van der Waals surface area (Å²) in [6, 6.07) is 8.76. The lowest BCUT2D eigenvalue weighted by atomic mass is 9.79. The van der Waals surface area contributed by atoms with Gasteiger partial charge in [-0.15, -0.1) is 0 Å². The van der Waals surface area contributed by atoms with Gasteiger partial charge in [0, 0.05) is 6.54 Å². The van der Waals surface area contributed by atoms with E-state index in [0.29, 0.717) is 12.5 Å². The summed E-state index contributed by atoms with van der Waals surface area (Å²) in [6.45, 7) is 0.916. The molecule has 3 aliphatic rings. The number of hydrogen-bond acceptors (Lipinski definition) is 4. The van der Waals surface area contributed by atoms with Crippen molar-refractivity contribution in [2.24, 2.45) is 23.5 Å². The van der Waals surface area contributed by atoms with Crippen molar-refractivity contribution in [3.8, 4) is 0 Å². The second-order valence-corrected chi connectivity index (χ2v) is 8.10. The van der Waals surface area contributed by atoms with Crippen molar-refractivity contribution in [3.63, 3.8) is 0 Å². The third-order valence-corrected chi connectivity index (χ3v) is 6.58. The highest BCUT2D eigenvalue weighted by Crippen LogP contribution is 2.43. The lowest BCUT2D eigenvalue weighted by Gasteiger charge is -2.35. The van der Waals surface area contributed by atoms with Crippen LogP contribution in [0.1, 0.15) is 44.1 Å². The van der Waals surface area contributed by atoms with Crippen molar-refractivity contribution in [1.29, 1.82) is 0 Å². The summed E-state index contributed by atoms with van der Waals surface area (Å²) < 4.78 is 5.61. The predicted molar refractivity (Wildman–Crippen MR) is 97.9 cm³/mol. The number of benzene rings is 1. The molecule has 4 rings (SSSR count). The fourth-order valence-electron chi connectivity index (χ4n) is 4.84. The molecule has 0 bridgehead atoms. The van der Waals surface area contributed by atoms with Crippen molar-refractivity contribution in [2.45, 2.75) is 57.2 Å². The zero-order valence-electron chi connectivity index (χ0n) is 15.2. The van der Waals surface area contributed by atoms with E-state index in [9.17, 15) is 9.59 Å². The van der Waals surface area contributed by atoms with Crippen molar-refractivity contribution >= 4 is 11.9 Å². The van der Waals surface area contributed by atoms with Crippen LogP contribution in [0.25, 0.3) is 0 Å². The summed E-state index contributed by atoms with van der Waals surface area (Å²) in [5.74, 6) is 0.615. The third kappa shape index (κ3) is 3.25. The van der Waals surface area contributed by atoms with Gasteiger partial charge in [0.25, 0.3) is 0 Å². The molecular weight excluding hydrogens is 328 g/mol. The quantitative estimate of drug-likeness (QED) is 0.823. The first-order valence-corrected chi connectivity index (χ1v) is 9.92. The van der Waals surface area contributed by atoms with Gasteiger partial charge in [0.15, 0.2) is 0 Å². The fourth-order valence-corrected chi connectivity index (χ4v) is 4.84. The zero-order valence-corrected chi connectivity index (χ0v) is 15.2. The lowest BCUT2D eigenvalue weighted by Crippen LogP contribution is -2.53. The molecule has 0 radical (unpaired) electrons. The molecule has 5 nitrogen and oxygen atoms in total. The highest BCUT2D eigenvalue weighted by atomic mass is 16.5. The van der Waals surface area contributed by atoms with E-state index in [1.807, 2.05) is 30.3 Å². The van der Waals surface area contributed by atoms with E-state index < -0.39 is 12.1 Å². The van der Waals surface area contributed by atoms with Crippen LogP contribution in [0.4, 0.5) is 0 Å². The summed E-state index contributed by atoms with van der Waals surface area (Å²) >= 11 is 0. The number of rotatable bonds is 5. The fraction of sp³-hybridized carbons (Fsp3) is 0.619. The average Bonchev–Trinajstić information content (AvgIpc) is 3.19. The molecule has 4 atom stereocenters. The van der Waals surface area contributed by atoms with Gasteiger partial charge in [-0.1, -0.05) is 43.2 Å². The van der Waals surface area contributed by atoms with Crippen LogP contribution in [0, 0.1) is 17.8 Å². The van der Waals surface area contributed by atoms with Crippen LogP contribution in [0.3, 0.4) is 0 Å². The summed E-state index contributed by atoms with van der Waals surface area (Å²) in [4.78, 5) is 27.6. The Balaban J connectivity index is 1.46. The molecule has 26 heavy (non-hydrogen) atoms. The van der Waals surface area contributed by atoms with Crippen molar-refractivity contribution in [3.05, 3.63) is 35.9 Å². The Labute approximate surface area is 154 Å². The van der Waals surface area contributed by atoms with E-state index in [-0.39, 0.29) is 30.3 Å². The van der Waals surface area contributed by atoms with E-state index in [2.05, 4.69) is 0 Å². The van der Waals surface area contributed by atoms with Gasteiger partial charge in [0.2, 0.25) is 5.91 Å². The molecule has 2 N–H and O–H groups in total. The van der Waals surface area contributed by atoms with Gasteiger partial charge in [-0.3, -0.25) is 4.79 Å². The number of nitrogens with zero attached hydrogens (tertiary/aromatic N) is 1. The molecule has 1 aromatic carbocycles. The first kappa shape index (κ1) is 17.5. The molecule has 2 aliphatic carbocycles. The average molecular weight is 356 g/mol. The molecule has 0 spiro atoms. The Hall–Kier alpha value is -1.88. The monoisotopic (exact) mass is 356 g/mol. The van der Waals surface area contributed by atoms with Gasteiger partial charge in [0.05, 0.1) is 6.04 Å². The number of amides is 1. The molecule has 1 amide bonds. The second kappa shape index (κ2) is 7.39. The maximum atomic E-state index is 13.0. The third-order valence-electron chi connectivity index (χ3n) is 6.58. The van der Waals surface area contributed by atoms with Gasteiger partial charge in [-0.05, 0) is 49.0 Å². The first-order valence-electron chi connectivity index (χ1n) is 9.92. The molecule has 2 saturated carbocycles. The summed E-state index contributed by atoms with van der Waals surface area (Å²) in [7, 11) is 0.